The molecule has 0 saturated heterocycles. The van der Waals surface area contributed by atoms with E-state index < -0.39 is 11.9 Å². The van der Waals surface area contributed by atoms with Crippen LogP contribution in [0.15, 0.2) is 91.0 Å². The number of nitrogens with two attached hydrogens (primary N) is 1. The van der Waals surface area contributed by atoms with Crippen LogP contribution in [0.25, 0.3) is 22.0 Å². The third-order valence-electron chi connectivity index (χ3n) is 4.97. The van der Waals surface area contributed by atoms with Crippen LogP contribution in [0.4, 0.5) is 0 Å². The highest BCUT2D eigenvalue weighted by atomic mass is 16.2. The molecule has 0 fully saturated rings. The van der Waals surface area contributed by atoms with E-state index in [9.17, 15) is 9.59 Å². The van der Waals surface area contributed by atoms with Gasteiger partial charge in [0.05, 0.1) is 5.52 Å². The van der Waals surface area contributed by atoms with E-state index in [1.165, 1.54) is 0 Å². The van der Waals surface area contributed by atoms with Crippen molar-refractivity contribution >= 4 is 22.7 Å². The van der Waals surface area contributed by atoms with E-state index in [2.05, 4.69) is 10.3 Å². The van der Waals surface area contributed by atoms with Crippen molar-refractivity contribution in [3.8, 4) is 11.1 Å². The molecule has 5 nitrogen and oxygen atoms in total. The highest BCUT2D eigenvalue weighted by molar-refractivity contribution is 5.97. The lowest BCUT2D eigenvalue weighted by atomic mass is 10.0. The molecule has 5 heteroatoms. The largest absolute Gasteiger partial charge is 0.368 e. The van der Waals surface area contributed by atoms with E-state index in [0.29, 0.717) is 11.3 Å². The first kappa shape index (κ1) is 19.3. The second-order valence-corrected chi connectivity index (χ2v) is 7.07. The van der Waals surface area contributed by atoms with Crippen molar-refractivity contribution in [3.63, 3.8) is 0 Å². The average molecular weight is 395 g/mol. The van der Waals surface area contributed by atoms with E-state index in [1.807, 2.05) is 78.9 Å². The molecule has 0 bridgehead atoms. The summed E-state index contributed by atoms with van der Waals surface area (Å²) in [6.45, 7) is 0. The molecule has 1 atom stereocenters. The molecular formula is C25H21N3O2. The zero-order chi connectivity index (χ0) is 20.9. The molecule has 3 aromatic carbocycles. The normalized spacial score (nSPS) is 11.7. The Labute approximate surface area is 174 Å². The van der Waals surface area contributed by atoms with Gasteiger partial charge in [-0.15, -0.1) is 0 Å². The lowest BCUT2D eigenvalue weighted by molar-refractivity contribution is -0.119. The Balaban J connectivity index is 1.48. The van der Waals surface area contributed by atoms with Crippen molar-refractivity contribution in [2.45, 2.75) is 12.5 Å². The zero-order valence-corrected chi connectivity index (χ0v) is 16.3. The van der Waals surface area contributed by atoms with Gasteiger partial charge in [-0.1, -0.05) is 66.7 Å². The molecule has 30 heavy (non-hydrogen) atoms. The fourth-order valence-electron chi connectivity index (χ4n) is 3.34. The molecule has 0 aliphatic rings. The van der Waals surface area contributed by atoms with E-state index in [1.54, 1.807) is 12.1 Å². The summed E-state index contributed by atoms with van der Waals surface area (Å²) in [5.41, 5.74) is 9.62. The van der Waals surface area contributed by atoms with Crippen molar-refractivity contribution in [1.29, 1.82) is 0 Å². The summed E-state index contributed by atoms with van der Waals surface area (Å²) in [5, 5.41) is 3.75. The molecule has 0 aliphatic heterocycles. The molecule has 1 heterocycles. The van der Waals surface area contributed by atoms with Crippen LogP contribution < -0.4 is 11.1 Å². The van der Waals surface area contributed by atoms with Gasteiger partial charge >= 0.3 is 0 Å². The number of primary amides is 1. The lowest BCUT2D eigenvalue weighted by Gasteiger charge is -2.16. The van der Waals surface area contributed by atoms with Crippen LogP contribution in [0, 0.1) is 0 Å². The Morgan fingerprint density at radius 1 is 0.800 bits per heavy atom. The lowest BCUT2D eigenvalue weighted by Crippen LogP contribution is -2.46. The van der Waals surface area contributed by atoms with Crippen molar-refractivity contribution in [1.82, 2.24) is 10.3 Å². The Morgan fingerprint density at radius 2 is 1.47 bits per heavy atom. The Kier molecular flexibility index (Phi) is 5.52. The molecule has 0 saturated carbocycles. The summed E-state index contributed by atoms with van der Waals surface area (Å²) in [4.78, 5) is 29.2. The topological polar surface area (TPSA) is 85.1 Å². The number of pyridine rings is 1. The maximum atomic E-state index is 12.7. The second-order valence-electron chi connectivity index (χ2n) is 7.07. The Morgan fingerprint density at radius 3 is 2.20 bits per heavy atom. The summed E-state index contributed by atoms with van der Waals surface area (Å²) >= 11 is 0. The minimum Gasteiger partial charge on any atom is -0.368 e. The van der Waals surface area contributed by atoms with Crippen molar-refractivity contribution < 1.29 is 9.59 Å². The zero-order valence-electron chi connectivity index (χ0n) is 16.3. The summed E-state index contributed by atoms with van der Waals surface area (Å²) < 4.78 is 0. The fraction of sp³-hybridized carbons (Fsp3) is 0.0800. The number of nitrogens with one attached hydrogen (secondary N) is 1. The molecule has 148 valence electrons. The third-order valence-corrected chi connectivity index (χ3v) is 4.97. The first-order valence-electron chi connectivity index (χ1n) is 9.70. The van der Waals surface area contributed by atoms with Crippen molar-refractivity contribution in [3.05, 3.63) is 102 Å². The van der Waals surface area contributed by atoms with Gasteiger partial charge in [0, 0.05) is 23.1 Å². The molecule has 4 aromatic rings. The number of carbonyl (C=O) groups is 2. The molecule has 0 spiro atoms. The van der Waals surface area contributed by atoms with Crippen LogP contribution in [0.2, 0.25) is 0 Å². The highest BCUT2D eigenvalue weighted by Gasteiger charge is 2.20. The maximum Gasteiger partial charge on any atom is 0.251 e. The minimum absolute atomic E-state index is 0.230. The predicted octanol–water partition coefficient (Wildman–Crippen LogP) is 3.73. The minimum atomic E-state index is -0.847. The van der Waals surface area contributed by atoms with E-state index in [4.69, 9.17) is 5.73 Å². The number of rotatable bonds is 6. The molecule has 0 aliphatic carbocycles. The maximum absolute atomic E-state index is 12.7. The van der Waals surface area contributed by atoms with Crippen LogP contribution in [-0.4, -0.2) is 22.8 Å². The summed E-state index contributed by atoms with van der Waals surface area (Å²) in [5.74, 6) is -0.946. The smallest absolute Gasteiger partial charge is 0.251 e. The van der Waals surface area contributed by atoms with Crippen molar-refractivity contribution in [2.75, 3.05) is 0 Å². The van der Waals surface area contributed by atoms with E-state index >= 15 is 0 Å². The second kappa shape index (κ2) is 8.57. The predicted molar refractivity (Wildman–Crippen MR) is 118 cm³/mol. The standard InChI is InChI=1S/C25H21N3O2/c26-24(29)23(16-21-15-14-19-8-4-5-9-22(19)27-21)28-25(30)20-12-10-18(11-13-20)17-6-2-1-3-7-17/h1-15,23H,16H2,(H2,26,29)(H,28,30)/t23-/m1/s1. The Bertz CT molecular complexity index is 1190. The van der Waals surface area contributed by atoms with Gasteiger partial charge in [-0.25, -0.2) is 0 Å². The van der Waals surface area contributed by atoms with Crippen LogP contribution in [0.1, 0.15) is 16.1 Å². The van der Waals surface area contributed by atoms with Crippen LogP contribution in [-0.2, 0) is 11.2 Å². The van der Waals surface area contributed by atoms with Gasteiger partial charge in [-0.05, 0) is 35.4 Å². The summed E-state index contributed by atoms with van der Waals surface area (Å²) in [6, 6.07) is 27.8. The number of carbonyl (C=O) groups excluding carboxylic acids is 2. The molecule has 4 rings (SSSR count). The van der Waals surface area contributed by atoms with Crippen LogP contribution >= 0.6 is 0 Å². The van der Waals surface area contributed by atoms with E-state index in [-0.39, 0.29) is 12.3 Å². The number of amides is 2. The van der Waals surface area contributed by atoms with Crippen LogP contribution in [0.3, 0.4) is 0 Å². The molecule has 1 aromatic heterocycles. The van der Waals surface area contributed by atoms with Gasteiger partial charge in [-0.3, -0.25) is 14.6 Å². The molecule has 0 radical (unpaired) electrons. The highest BCUT2D eigenvalue weighted by Crippen LogP contribution is 2.19. The van der Waals surface area contributed by atoms with Crippen LogP contribution in [0.5, 0.6) is 0 Å². The average Bonchev–Trinajstić information content (AvgIpc) is 2.79. The molecule has 0 unspecified atom stereocenters. The summed E-state index contributed by atoms with van der Waals surface area (Å²) in [7, 11) is 0. The fourth-order valence-corrected chi connectivity index (χ4v) is 3.34. The number of aromatic nitrogens is 1. The molecule has 2 amide bonds. The van der Waals surface area contributed by atoms with Gasteiger partial charge in [0.1, 0.15) is 6.04 Å². The van der Waals surface area contributed by atoms with Crippen molar-refractivity contribution in [2.24, 2.45) is 5.73 Å². The number of benzene rings is 3. The SMILES string of the molecule is NC(=O)[C@@H](Cc1ccc2ccccc2n1)NC(=O)c1ccc(-c2ccccc2)cc1. The Hall–Kier alpha value is -3.99. The molecule has 3 N–H and O–H groups in total. The number of fused-ring (bicyclic) bond motifs is 1. The van der Waals surface area contributed by atoms with Gasteiger partial charge in [0.2, 0.25) is 5.91 Å². The van der Waals surface area contributed by atoms with Gasteiger partial charge in [-0.2, -0.15) is 0 Å². The monoisotopic (exact) mass is 395 g/mol. The number of hydrogen-bond donors (Lipinski definition) is 2. The summed E-state index contributed by atoms with van der Waals surface area (Å²) in [6.07, 6.45) is 0.230. The van der Waals surface area contributed by atoms with Gasteiger partial charge in [0.25, 0.3) is 5.91 Å². The number of para-hydroxylation sites is 1. The quantitative estimate of drug-likeness (QED) is 0.522. The number of hydrogen-bond acceptors (Lipinski definition) is 3. The molecular weight excluding hydrogens is 374 g/mol. The van der Waals surface area contributed by atoms with E-state index in [0.717, 1.165) is 22.0 Å². The first-order chi connectivity index (χ1) is 14.6. The third kappa shape index (κ3) is 4.36. The van der Waals surface area contributed by atoms with Gasteiger partial charge in [0.15, 0.2) is 0 Å². The number of nitrogens with zero attached hydrogens (tertiary/aromatic N) is 1. The first-order valence-corrected chi connectivity index (χ1v) is 9.70. The van der Waals surface area contributed by atoms with Gasteiger partial charge < -0.3 is 11.1 Å².